The largest absolute Gasteiger partial charge is 0.286 e. The van der Waals surface area contributed by atoms with Gasteiger partial charge < -0.3 is 0 Å². The van der Waals surface area contributed by atoms with Crippen LogP contribution in [0.2, 0.25) is 0 Å². The molecule has 88 valence electrons. The highest BCUT2D eigenvalue weighted by Gasteiger charge is 2.61. The van der Waals surface area contributed by atoms with Crippen molar-refractivity contribution in [1.29, 1.82) is 0 Å². The molecule has 2 fully saturated rings. The Hall–Kier alpha value is -0.0900. The molecule has 1 unspecified atom stereocenters. The van der Waals surface area contributed by atoms with Gasteiger partial charge in [0.15, 0.2) is 0 Å². The maximum absolute atomic E-state index is 11.1. The number of fused-ring (bicyclic) bond motifs is 2. The van der Waals surface area contributed by atoms with Gasteiger partial charge in [-0.05, 0) is 48.9 Å². The molecule has 0 amide bonds. The zero-order valence-corrected chi connectivity index (χ0v) is 10.3. The van der Waals surface area contributed by atoms with Gasteiger partial charge in [-0.15, -0.1) is 0 Å². The first-order chi connectivity index (χ1) is 6.83. The van der Waals surface area contributed by atoms with Gasteiger partial charge in [-0.1, -0.05) is 13.8 Å². The van der Waals surface area contributed by atoms with Gasteiger partial charge in [-0.3, -0.25) is 4.55 Å². The fourth-order valence-electron chi connectivity index (χ4n) is 4.13. The molecular formula is C11H20O3S. The first kappa shape index (κ1) is 11.4. The molecule has 1 atom stereocenters. The Morgan fingerprint density at radius 1 is 1.33 bits per heavy atom. The van der Waals surface area contributed by atoms with Crippen LogP contribution in [0.5, 0.6) is 0 Å². The van der Waals surface area contributed by atoms with Crippen molar-refractivity contribution in [2.45, 2.75) is 46.0 Å². The molecule has 2 aliphatic carbocycles. The minimum Gasteiger partial charge on any atom is -0.286 e. The van der Waals surface area contributed by atoms with Crippen LogP contribution < -0.4 is 0 Å². The Kier molecular flexibility index (Phi) is 2.43. The lowest BCUT2D eigenvalue weighted by Gasteiger charge is -2.39. The normalized spacial score (nSPS) is 44.9. The molecule has 2 saturated carbocycles. The smallest absolute Gasteiger partial charge is 0.265 e. The van der Waals surface area contributed by atoms with E-state index in [0.29, 0.717) is 5.92 Å². The zero-order chi connectivity index (χ0) is 11.3. The molecule has 0 saturated heterocycles. The maximum Gasteiger partial charge on any atom is 0.265 e. The van der Waals surface area contributed by atoms with E-state index in [0.717, 1.165) is 32.1 Å². The third kappa shape index (κ3) is 1.53. The molecule has 4 heteroatoms. The number of hydrogen-bond acceptors (Lipinski definition) is 2. The van der Waals surface area contributed by atoms with Crippen LogP contribution in [0.4, 0.5) is 0 Å². The molecule has 1 N–H and O–H groups in total. The summed E-state index contributed by atoms with van der Waals surface area (Å²) in [5.74, 6) is 0.644. The summed E-state index contributed by atoms with van der Waals surface area (Å²) in [7, 11) is -3.83. The highest BCUT2D eigenvalue weighted by atomic mass is 32.2. The van der Waals surface area contributed by atoms with E-state index in [1.54, 1.807) is 0 Å². The third-order valence-electron chi connectivity index (χ3n) is 5.25. The van der Waals surface area contributed by atoms with Gasteiger partial charge >= 0.3 is 0 Å². The molecule has 0 aromatic rings. The Morgan fingerprint density at radius 3 is 2.27 bits per heavy atom. The predicted molar refractivity (Wildman–Crippen MR) is 59.2 cm³/mol. The van der Waals surface area contributed by atoms with Crippen LogP contribution >= 0.6 is 0 Å². The lowest BCUT2D eigenvalue weighted by atomic mass is 9.68. The minimum absolute atomic E-state index is 0.0269. The molecule has 2 aliphatic rings. The first-order valence-electron chi connectivity index (χ1n) is 5.78. The van der Waals surface area contributed by atoms with Crippen LogP contribution in [0.3, 0.4) is 0 Å². The second-order valence-corrected chi connectivity index (χ2v) is 7.00. The van der Waals surface area contributed by atoms with Crippen molar-refractivity contribution in [3.8, 4) is 0 Å². The van der Waals surface area contributed by atoms with E-state index in [1.165, 1.54) is 0 Å². The lowest BCUT2D eigenvalue weighted by Crippen LogP contribution is -2.38. The molecule has 3 nitrogen and oxygen atoms in total. The minimum atomic E-state index is -3.83. The summed E-state index contributed by atoms with van der Waals surface area (Å²) < 4.78 is 31.4. The molecule has 0 radical (unpaired) electrons. The number of rotatable bonds is 3. The molecule has 0 aliphatic heterocycles. The fraction of sp³-hybridized carbons (Fsp3) is 1.00. The van der Waals surface area contributed by atoms with Gasteiger partial charge in [0.05, 0.1) is 5.75 Å². The second-order valence-electron chi connectivity index (χ2n) is 5.55. The summed E-state index contributed by atoms with van der Waals surface area (Å²) in [4.78, 5) is 0. The monoisotopic (exact) mass is 232 g/mol. The highest BCUT2D eigenvalue weighted by molar-refractivity contribution is 7.85. The molecule has 0 aromatic heterocycles. The SMILES string of the molecule is CCC1(C)C2CCC1(CS(=O)(=O)O)CC2. The van der Waals surface area contributed by atoms with Crippen molar-refractivity contribution in [2.75, 3.05) is 5.75 Å². The molecule has 2 bridgehead atoms. The van der Waals surface area contributed by atoms with Crippen molar-refractivity contribution in [2.24, 2.45) is 16.7 Å². The van der Waals surface area contributed by atoms with Gasteiger partial charge in [-0.2, -0.15) is 8.42 Å². The van der Waals surface area contributed by atoms with E-state index in [4.69, 9.17) is 4.55 Å². The van der Waals surface area contributed by atoms with E-state index in [9.17, 15) is 8.42 Å². The standard InChI is InChI=1S/C11H20O3S/c1-3-10(2)9-4-6-11(10,7-5-9)8-15(12,13)14/h9H,3-8H2,1-2H3,(H,12,13,14). The van der Waals surface area contributed by atoms with Crippen molar-refractivity contribution in [1.82, 2.24) is 0 Å². The molecule has 0 aromatic carbocycles. The van der Waals surface area contributed by atoms with Gasteiger partial charge in [0.2, 0.25) is 0 Å². The lowest BCUT2D eigenvalue weighted by molar-refractivity contribution is 0.122. The quantitative estimate of drug-likeness (QED) is 0.761. The van der Waals surface area contributed by atoms with Crippen LogP contribution in [0.1, 0.15) is 46.0 Å². The van der Waals surface area contributed by atoms with Gasteiger partial charge in [-0.25, -0.2) is 0 Å². The number of hydrogen-bond donors (Lipinski definition) is 1. The first-order valence-corrected chi connectivity index (χ1v) is 7.39. The Bertz CT molecular complexity index is 352. The summed E-state index contributed by atoms with van der Waals surface area (Å²) >= 11 is 0. The summed E-state index contributed by atoms with van der Waals surface area (Å²) in [6, 6.07) is 0. The molecule has 0 spiro atoms. The van der Waals surface area contributed by atoms with E-state index in [-0.39, 0.29) is 16.6 Å². The van der Waals surface area contributed by atoms with Crippen LogP contribution in [0, 0.1) is 16.7 Å². The average molecular weight is 232 g/mol. The van der Waals surface area contributed by atoms with Crippen molar-refractivity contribution >= 4 is 10.1 Å². The third-order valence-corrected chi connectivity index (χ3v) is 6.17. The second kappa shape index (κ2) is 3.20. The summed E-state index contributed by atoms with van der Waals surface area (Å²) in [5.41, 5.74) is -0.0111. The summed E-state index contributed by atoms with van der Waals surface area (Å²) in [5, 5.41) is 0. The highest BCUT2D eigenvalue weighted by Crippen LogP contribution is 2.67. The fourth-order valence-corrected chi connectivity index (χ4v) is 5.45. The van der Waals surface area contributed by atoms with Gasteiger partial charge in [0, 0.05) is 0 Å². The maximum atomic E-state index is 11.1. The van der Waals surface area contributed by atoms with E-state index in [2.05, 4.69) is 13.8 Å². The molecule has 2 rings (SSSR count). The summed E-state index contributed by atoms with van der Waals surface area (Å²) in [6.45, 7) is 4.35. The Labute approximate surface area is 92.0 Å². The van der Waals surface area contributed by atoms with Crippen LogP contribution in [0.25, 0.3) is 0 Å². The predicted octanol–water partition coefficient (Wildman–Crippen LogP) is 2.48. The topological polar surface area (TPSA) is 54.4 Å². The van der Waals surface area contributed by atoms with Crippen LogP contribution in [0.15, 0.2) is 0 Å². The van der Waals surface area contributed by atoms with Crippen LogP contribution in [-0.2, 0) is 10.1 Å². The van der Waals surface area contributed by atoms with Gasteiger partial charge in [0.25, 0.3) is 10.1 Å². The van der Waals surface area contributed by atoms with E-state index >= 15 is 0 Å². The van der Waals surface area contributed by atoms with Crippen LogP contribution in [-0.4, -0.2) is 18.7 Å². The van der Waals surface area contributed by atoms with Crippen molar-refractivity contribution in [3.63, 3.8) is 0 Å². The van der Waals surface area contributed by atoms with Gasteiger partial charge in [0.1, 0.15) is 0 Å². The van der Waals surface area contributed by atoms with Crippen molar-refractivity contribution < 1.29 is 13.0 Å². The molecular weight excluding hydrogens is 212 g/mol. The Morgan fingerprint density at radius 2 is 1.87 bits per heavy atom. The summed E-state index contributed by atoms with van der Waals surface area (Å²) in [6.07, 6.45) is 5.25. The molecule has 15 heavy (non-hydrogen) atoms. The Balaban J connectivity index is 2.34. The van der Waals surface area contributed by atoms with Crippen molar-refractivity contribution in [3.05, 3.63) is 0 Å². The zero-order valence-electron chi connectivity index (χ0n) is 9.49. The molecule has 0 heterocycles. The van der Waals surface area contributed by atoms with E-state index in [1.807, 2.05) is 0 Å². The van der Waals surface area contributed by atoms with E-state index < -0.39 is 10.1 Å². The average Bonchev–Trinajstić information content (AvgIpc) is 2.52.